The molecule has 0 unspecified atom stereocenters. The summed E-state index contributed by atoms with van der Waals surface area (Å²) in [5.41, 5.74) is 5.30. The highest BCUT2D eigenvalue weighted by atomic mass is 79.9. The van der Waals surface area contributed by atoms with E-state index in [4.69, 9.17) is 4.98 Å². The van der Waals surface area contributed by atoms with Crippen LogP contribution >= 0.6 is 15.9 Å². The lowest BCUT2D eigenvalue weighted by Gasteiger charge is -2.14. The molecule has 4 rings (SSSR count). The van der Waals surface area contributed by atoms with Crippen molar-refractivity contribution in [1.82, 2.24) is 9.97 Å². The number of imidazole rings is 1. The van der Waals surface area contributed by atoms with Crippen LogP contribution in [0, 0.1) is 0 Å². The SMILES string of the molecule is Brc1ccc2c(c1)CCc1[nH]c(C3CCCC3)nc1-2. The van der Waals surface area contributed by atoms with Gasteiger partial charge in [-0.2, -0.15) is 0 Å². The maximum absolute atomic E-state index is 4.93. The Hall–Kier alpha value is -1.09. The molecule has 1 aromatic heterocycles. The van der Waals surface area contributed by atoms with Gasteiger partial charge in [0, 0.05) is 21.6 Å². The molecule has 1 saturated carbocycles. The molecule has 3 heteroatoms. The number of fused-ring (bicyclic) bond motifs is 3. The topological polar surface area (TPSA) is 28.7 Å². The summed E-state index contributed by atoms with van der Waals surface area (Å²) in [4.78, 5) is 8.54. The van der Waals surface area contributed by atoms with Gasteiger partial charge in [0.05, 0.1) is 5.69 Å². The maximum atomic E-state index is 4.93. The Kier molecular flexibility index (Phi) is 2.76. The van der Waals surface area contributed by atoms with Gasteiger partial charge < -0.3 is 4.98 Å². The van der Waals surface area contributed by atoms with Crippen LogP contribution in [0.2, 0.25) is 0 Å². The van der Waals surface area contributed by atoms with Crippen molar-refractivity contribution in [3.05, 3.63) is 39.8 Å². The van der Waals surface area contributed by atoms with Crippen molar-refractivity contribution < 1.29 is 0 Å². The van der Waals surface area contributed by atoms with E-state index in [1.54, 1.807) is 0 Å². The predicted molar refractivity (Wildman–Crippen MR) is 80.3 cm³/mol. The van der Waals surface area contributed by atoms with Crippen molar-refractivity contribution in [2.75, 3.05) is 0 Å². The monoisotopic (exact) mass is 316 g/mol. The van der Waals surface area contributed by atoms with E-state index in [0.717, 1.165) is 12.8 Å². The number of H-pyrrole nitrogens is 1. The second kappa shape index (κ2) is 4.48. The summed E-state index contributed by atoms with van der Waals surface area (Å²) < 4.78 is 1.17. The molecule has 1 heterocycles. The number of rotatable bonds is 1. The molecule has 1 N–H and O–H groups in total. The smallest absolute Gasteiger partial charge is 0.110 e. The van der Waals surface area contributed by atoms with E-state index in [-0.39, 0.29) is 0 Å². The molecule has 2 nitrogen and oxygen atoms in total. The molecule has 0 aliphatic heterocycles. The molecule has 0 saturated heterocycles. The van der Waals surface area contributed by atoms with Crippen molar-refractivity contribution in [1.29, 1.82) is 0 Å². The third-order valence-corrected chi connectivity index (χ3v) is 5.00. The lowest BCUT2D eigenvalue weighted by Crippen LogP contribution is -2.03. The molecule has 1 aromatic carbocycles. The van der Waals surface area contributed by atoms with Crippen LogP contribution in [0.1, 0.15) is 48.7 Å². The van der Waals surface area contributed by atoms with Gasteiger partial charge in [-0.15, -0.1) is 0 Å². The van der Waals surface area contributed by atoms with E-state index in [2.05, 4.69) is 39.1 Å². The van der Waals surface area contributed by atoms with E-state index in [1.165, 1.54) is 58.5 Å². The first kappa shape index (κ1) is 11.7. The fourth-order valence-electron chi connectivity index (χ4n) is 3.49. The average molecular weight is 317 g/mol. The Balaban J connectivity index is 1.79. The van der Waals surface area contributed by atoms with Gasteiger partial charge in [0.2, 0.25) is 0 Å². The standard InChI is InChI=1S/C16H17BrN2/c17-12-6-7-13-11(9-12)5-8-14-15(13)19-16(18-14)10-3-1-2-4-10/h6-7,9-10H,1-5,8H2,(H,18,19). The zero-order valence-electron chi connectivity index (χ0n) is 10.9. The van der Waals surface area contributed by atoms with Crippen LogP contribution in [0.25, 0.3) is 11.3 Å². The first-order valence-electron chi connectivity index (χ1n) is 7.19. The Labute approximate surface area is 121 Å². The van der Waals surface area contributed by atoms with E-state index in [1.807, 2.05) is 0 Å². The summed E-state index contributed by atoms with van der Waals surface area (Å²) in [6.45, 7) is 0. The molecule has 1 fully saturated rings. The molecular formula is C16H17BrN2. The Morgan fingerprint density at radius 3 is 2.84 bits per heavy atom. The van der Waals surface area contributed by atoms with Gasteiger partial charge in [0.1, 0.15) is 5.82 Å². The Bertz CT molecular complexity index is 624. The van der Waals surface area contributed by atoms with E-state index in [9.17, 15) is 0 Å². The molecule has 0 radical (unpaired) electrons. The van der Waals surface area contributed by atoms with Crippen molar-refractivity contribution in [3.63, 3.8) is 0 Å². The van der Waals surface area contributed by atoms with E-state index >= 15 is 0 Å². The molecule has 2 aliphatic carbocycles. The summed E-state index contributed by atoms with van der Waals surface area (Å²) in [6.07, 6.45) is 7.55. The van der Waals surface area contributed by atoms with E-state index < -0.39 is 0 Å². The summed E-state index contributed by atoms with van der Waals surface area (Å²) in [6, 6.07) is 6.57. The number of nitrogens with zero attached hydrogens (tertiary/aromatic N) is 1. The highest BCUT2D eigenvalue weighted by Gasteiger charge is 2.25. The van der Waals surface area contributed by atoms with E-state index in [0.29, 0.717) is 5.92 Å². The number of aryl methyl sites for hydroxylation is 2. The molecule has 0 bridgehead atoms. The summed E-state index contributed by atoms with van der Waals surface area (Å²) in [5, 5.41) is 0. The number of benzene rings is 1. The lowest BCUT2D eigenvalue weighted by atomic mass is 9.92. The molecule has 19 heavy (non-hydrogen) atoms. The third-order valence-electron chi connectivity index (χ3n) is 4.51. The molecule has 98 valence electrons. The predicted octanol–water partition coefficient (Wildman–Crippen LogP) is 4.60. The number of halogens is 1. The minimum Gasteiger partial charge on any atom is -0.345 e. The third kappa shape index (κ3) is 1.95. The zero-order chi connectivity index (χ0) is 12.8. The molecule has 2 aliphatic rings. The van der Waals surface area contributed by atoms with Crippen molar-refractivity contribution in [2.45, 2.75) is 44.4 Å². The quantitative estimate of drug-likeness (QED) is 0.818. The number of aromatic amines is 1. The van der Waals surface area contributed by atoms with Crippen LogP contribution < -0.4 is 0 Å². The minimum absolute atomic E-state index is 0.671. The second-order valence-electron chi connectivity index (χ2n) is 5.73. The molecular weight excluding hydrogens is 300 g/mol. The minimum atomic E-state index is 0.671. The number of hydrogen-bond donors (Lipinski definition) is 1. The van der Waals surface area contributed by atoms with Crippen LogP contribution in [0.3, 0.4) is 0 Å². The van der Waals surface area contributed by atoms with Crippen molar-refractivity contribution in [2.24, 2.45) is 0 Å². The van der Waals surface area contributed by atoms with Crippen LogP contribution in [0.4, 0.5) is 0 Å². The summed E-state index contributed by atoms with van der Waals surface area (Å²) >= 11 is 3.56. The lowest BCUT2D eigenvalue weighted by molar-refractivity contribution is 0.676. The Morgan fingerprint density at radius 1 is 1.16 bits per heavy atom. The van der Waals surface area contributed by atoms with Crippen LogP contribution in [-0.2, 0) is 12.8 Å². The van der Waals surface area contributed by atoms with Gasteiger partial charge >= 0.3 is 0 Å². The fraction of sp³-hybridized carbons (Fsp3) is 0.438. The number of aromatic nitrogens is 2. The molecule has 0 spiro atoms. The molecule has 0 amide bonds. The van der Waals surface area contributed by atoms with Crippen LogP contribution in [0.5, 0.6) is 0 Å². The largest absolute Gasteiger partial charge is 0.345 e. The van der Waals surface area contributed by atoms with Gasteiger partial charge in [0.15, 0.2) is 0 Å². The van der Waals surface area contributed by atoms with Crippen molar-refractivity contribution >= 4 is 15.9 Å². The summed E-state index contributed by atoms with van der Waals surface area (Å²) in [7, 11) is 0. The fourth-order valence-corrected chi connectivity index (χ4v) is 3.89. The Morgan fingerprint density at radius 2 is 2.00 bits per heavy atom. The van der Waals surface area contributed by atoms with Crippen molar-refractivity contribution in [3.8, 4) is 11.3 Å². The normalized spacial score (nSPS) is 18.4. The second-order valence-corrected chi connectivity index (χ2v) is 6.65. The van der Waals surface area contributed by atoms with Gasteiger partial charge in [-0.1, -0.05) is 34.8 Å². The molecule has 2 aromatic rings. The number of hydrogen-bond acceptors (Lipinski definition) is 1. The first-order chi connectivity index (χ1) is 9.31. The van der Waals surface area contributed by atoms with Crippen LogP contribution in [-0.4, -0.2) is 9.97 Å². The molecule has 0 atom stereocenters. The zero-order valence-corrected chi connectivity index (χ0v) is 12.5. The van der Waals surface area contributed by atoms with Gasteiger partial charge in [-0.25, -0.2) is 4.98 Å². The summed E-state index contributed by atoms with van der Waals surface area (Å²) in [5.74, 6) is 1.91. The van der Waals surface area contributed by atoms with Gasteiger partial charge in [-0.3, -0.25) is 0 Å². The first-order valence-corrected chi connectivity index (χ1v) is 7.98. The average Bonchev–Trinajstić information content (AvgIpc) is 3.06. The maximum Gasteiger partial charge on any atom is 0.110 e. The number of nitrogens with one attached hydrogen (secondary N) is 1. The highest BCUT2D eigenvalue weighted by molar-refractivity contribution is 9.10. The van der Waals surface area contributed by atoms with Gasteiger partial charge in [0.25, 0.3) is 0 Å². The van der Waals surface area contributed by atoms with Crippen LogP contribution in [0.15, 0.2) is 22.7 Å². The highest BCUT2D eigenvalue weighted by Crippen LogP contribution is 2.38. The van der Waals surface area contributed by atoms with Gasteiger partial charge in [-0.05, 0) is 43.4 Å².